The van der Waals surface area contributed by atoms with Crippen LogP contribution < -0.4 is 14.9 Å². The third kappa shape index (κ3) is 5.93. The van der Waals surface area contributed by atoms with Crippen molar-refractivity contribution in [2.45, 2.75) is 30.6 Å². The largest absolute Gasteiger partial charge is 0.362 e. The molecule has 176 valence electrons. The number of nitrogens with zero attached hydrogens (tertiary/aromatic N) is 3. The van der Waals surface area contributed by atoms with Crippen LogP contribution in [0.1, 0.15) is 25.7 Å². The molecule has 2 N–H and O–H groups in total. The molecule has 0 atom stereocenters. The fraction of sp³-hybridized carbons (Fsp3) is 0.417. The highest BCUT2D eigenvalue weighted by Gasteiger charge is 2.23. The number of benzene rings is 2. The van der Waals surface area contributed by atoms with Gasteiger partial charge in [0.05, 0.1) is 10.4 Å². The van der Waals surface area contributed by atoms with Crippen molar-refractivity contribution in [1.29, 1.82) is 0 Å². The Morgan fingerprint density at radius 3 is 2.24 bits per heavy atom. The number of fused-ring (bicyclic) bond motifs is 1. The molecule has 1 aliphatic rings. The average Bonchev–Trinajstić information content (AvgIpc) is 2.82. The fourth-order valence-electron chi connectivity index (χ4n) is 4.28. The minimum absolute atomic E-state index is 0.247. The first-order valence-electron chi connectivity index (χ1n) is 11.2. The Hall–Kier alpha value is -2.42. The molecule has 1 fully saturated rings. The molecular formula is C24H30ClN5O2S. The van der Waals surface area contributed by atoms with E-state index in [2.05, 4.69) is 15.0 Å². The van der Waals surface area contributed by atoms with Crippen molar-refractivity contribution in [1.82, 2.24) is 14.7 Å². The molecule has 1 aliphatic carbocycles. The van der Waals surface area contributed by atoms with Crippen LogP contribution in [-0.4, -0.2) is 45.6 Å². The normalized spacial score (nSPS) is 18.9. The first kappa shape index (κ1) is 23.7. The summed E-state index contributed by atoms with van der Waals surface area (Å²) >= 11 is 5.86. The molecule has 4 rings (SSSR count). The molecule has 2 aromatic carbocycles. The van der Waals surface area contributed by atoms with Gasteiger partial charge in [0.15, 0.2) is 0 Å². The van der Waals surface area contributed by atoms with Crippen molar-refractivity contribution >= 4 is 44.3 Å². The summed E-state index contributed by atoms with van der Waals surface area (Å²) in [7, 11) is 0.467. The number of halogens is 1. The van der Waals surface area contributed by atoms with Crippen molar-refractivity contribution in [2.24, 2.45) is 11.8 Å². The lowest BCUT2D eigenvalue weighted by Gasteiger charge is -2.28. The van der Waals surface area contributed by atoms with E-state index >= 15 is 0 Å². The van der Waals surface area contributed by atoms with E-state index in [1.54, 1.807) is 12.1 Å². The van der Waals surface area contributed by atoms with Crippen LogP contribution in [0.2, 0.25) is 5.02 Å². The van der Waals surface area contributed by atoms with E-state index in [9.17, 15) is 8.42 Å². The number of sulfonamides is 1. The second-order valence-electron chi connectivity index (χ2n) is 8.86. The third-order valence-electron chi connectivity index (χ3n) is 6.21. The number of aromatic nitrogens is 2. The van der Waals surface area contributed by atoms with E-state index in [1.165, 1.54) is 12.1 Å². The first-order valence-corrected chi connectivity index (χ1v) is 13.1. The Kier molecular flexibility index (Phi) is 7.36. The predicted molar refractivity (Wildman–Crippen MR) is 134 cm³/mol. The van der Waals surface area contributed by atoms with Crippen LogP contribution in [0.15, 0.2) is 53.4 Å². The highest BCUT2D eigenvalue weighted by atomic mass is 35.5. The number of hydrogen-bond donors (Lipinski definition) is 2. The molecule has 1 aromatic heterocycles. The smallest absolute Gasteiger partial charge is 0.240 e. The molecule has 3 aromatic rings. The summed E-state index contributed by atoms with van der Waals surface area (Å²) in [5.41, 5.74) is 0.926. The molecule has 0 unspecified atom stereocenters. The average molecular weight is 488 g/mol. The molecule has 0 spiro atoms. The molecule has 9 heteroatoms. The zero-order valence-corrected chi connectivity index (χ0v) is 20.5. The van der Waals surface area contributed by atoms with Gasteiger partial charge in [-0.1, -0.05) is 23.7 Å². The minimum Gasteiger partial charge on any atom is -0.362 e. The summed E-state index contributed by atoms with van der Waals surface area (Å²) in [4.78, 5) is 11.6. The maximum Gasteiger partial charge on any atom is 0.240 e. The van der Waals surface area contributed by atoms with E-state index < -0.39 is 10.0 Å². The lowest BCUT2D eigenvalue weighted by Crippen LogP contribution is -2.32. The lowest BCUT2D eigenvalue weighted by molar-refractivity contribution is 0.284. The van der Waals surface area contributed by atoms with Gasteiger partial charge in [0, 0.05) is 37.6 Å². The SMILES string of the molecule is CN(C)c1nc(NC[C@H]2CC[C@H](CNS(=O)(=O)c3ccc(Cl)cc3)CC2)nc2ccccc12. The quantitative estimate of drug-likeness (QED) is 0.485. The standard InChI is InChI=1S/C24H30ClN5O2S/c1-30(2)23-21-5-3-4-6-22(21)28-24(29-23)26-15-17-7-9-18(10-8-17)16-27-33(31,32)20-13-11-19(25)12-14-20/h3-6,11-14,17-18,27H,7-10,15-16H2,1-2H3,(H,26,28,29)/t17-,18-. The highest BCUT2D eigenvalue weighted by Crippen LogP contribution is 2.29. The molecule has 0 bridgehead atoms. The molecule has 0 amide bonds. The molecule has 33 heavy (non-hydrogen) atoms. The van der Waals surface area contributed by atoms with Crippen molar-refractivity contribution < 1.29 is 8.42 Å². The second-order valence-corrected chi connectivity index (χ2v) is 11.1. The zero-order valence-electron chi connectivity index (χ0n) is 19.0. The van der Waals surface area contributed by atoms with Crippen molar-refractivity contribution in [3.63, 3.8) is 0 Å². The molecule has 1 heterocycles. The van der Waals surface area contributed by atoms with Crippen LogP contribution in [0, 0.1) is 11.8 Å². The van der Waals surface area contributed by atoms with Gasteiger partial charge < -0.3 is 10.2 Å². The monoisotopic (exact) mass is 487 g/mol. The van der Waals surface area contributed by atoms with Gasteiger partial charge in [-0.05, 0) is 73.9 Å². The molecule has 0 radical (unpaired) electrons. The van der Waals surface area contributed by atoms with Gasteiger partial charge in [-0.3, -0.25) is 0 Å². The lowest BCUT2D eigenvalue weighted by atomic mass is 9.82. The maximum absolute atomic E-state index is 12.5. The summed E-state index contributed by atoms with van der Waals surface area (Å²) in [6, 6.07) is 14.3. The van der Waals surface area contributed by atoms with E-state index in [0.29, 0.717) is 29.4 Å². The molecule has 0 aliphatic heterocycles. The molecular weight excluding hydrogens is 458 g/mol. The number of rotatable bonds is 8. The van der Waals surface area contributed by atoms with E-state index in [1.807, 2.05) is 43.3 Å². The van der Waals surface area contributed by atoms with E-state index in [4.69, 9.17) is 16.6 Å². The highest BCUT2D eigenvalue weighted by molar-refractivity contribution is 7.89. The number of hydrogen-bond acceptors (Lipinski definition) is 6. The zero-order chi connectivity index (χ0) is 23.4. The number of nitrogens with one attached hydrogen (secondary N) is 2. The maximum atomic E-state index is 12.5. The van der Waals surface area contributed by atoms with Crippen molar-refractivity contribution in [2.75, 3.05) is 37.4 Å². The minimum atomic E-state index is -3.51. The molecule has 1 saturated carbocycles. The van der Waals surface area contributed by atoms with Gasteiger partial charge in [0.25, 0.3) is 0 Å². The first-order chi connectivity index (χ1) is 15.8. The molecule has 0 saturated heterocycles. The third-order valence-corrected chi connectivity index (χ3v) is 7.90. The van der Waals surface area contributed by atoms with Crippen molar-refractivity contribution in [3.8, 4) is 0 Å². The number of para-hydroxylation sites is 1. The molecule has 7 nitrogen and oxygen atoms in total. The summed E-state index contributed by atoms with van der Waals surface area (Å²) in [5, 5.41) is 4.99. The van der Waals surface area contributed by atoms with Crippen LogP contribution in [0.25, 0.3) is 10.9 Å². The van der Waals surface area contributed by atoms with Crippen LogP contribution in [0.5, 0.6) is 0 Å². The predicted octanol–water partition coefficient (Wildman–Crippen LogP) is 4.55. The van der Waals surface area contributed by atoms with Gasteiger partial charge >= 0.3 is 0 Å². The Bertz CT molecular complexity index is 1190. The van der Waals surface area contributed by atoms with Gasteiger partial charge in [-0.15, -0.1) is 0 Å². The van der Waals surface area contributed by atoms with Crippen molar-refractivity contribution in [3.05, 3.63) is 53.6 Å². The van der Waals surface area contributed by atoms with Gasteiger partial charge in [0.2, 0.25) is 16.0 Å². The second kappa shape index (κ2) is 10.2. The summed E-state index contributed by atoms with van der Waals surface area (Å²) in [5.74, 6) is 2.42. The van der Waals surface area contributed by atoms with Gasteiger partial charge in [-0.2, -0.15) is 4.98 Å². The van der Waals surface area contributed by atoms with Crippen LogP contribution in [0.4, 0.5) is 11.8 Å². The van der Waals surface area contributed by atoms with Gasteiger partial charge in [-0.25, -0.2) is 18.1 Å². The Labute approximate surface area is 200 Å². The Balaban J connectivity index is 1.28. The topological polar surface area (TPSA) is 87.2 Å². The summed E-state index contributed by atoms with van der Waals surface area (Å²) in [6.45, 7) is 1.28. The number of anilines is 2. The van der Waals surface area contributed by atoms with Crippen LogP contribution >= 0.6 is 11.6 Å². The summed E-state index contributed by atoms with van der Waals surface area (Å²) in [6.07, 6.45) is 4.09. The Morgan fingerprint density at radius 2 is 1.58 bits per heavy atom. The fourth-order valence-corrected chi connectivity index (χ4v) is 5.52. The van der Waals surface area contributed by atoms with Crippen LogP contribution in [-0.2, 0) is 10.0 Å². The van der Waals surface area contributed by atoms with E-state index in [0.717, 1.165) is 48.9 Å². The summed E-state index contributed by atoms with van der Waals surface area (Å²) < 4.78 is 27.8. The van der Waals surface area contributed by atoms with Gasteiger partial charge in [0.1, 0.15) is 5.82 Å². The van der Waals surface area contributed by atoms with E-state index in [-0.39, 0.29) is 4.90 Å². The van der Waals surface area contributed by atoms with Crippen LogP contribution in [0.3, 0.4) is 0 Å². The Morgan fingerprint density at radius 1 is 0.939 bits per heavy atom.